The number of ether oxygens (including phenoxy) is 1. The normalized spacial score (nSPS) is 11.9. The van der Waals surface area contributed by atoms with Crippen molar-refractivity contribution in [3.63, 3.8) is 0 Å². The van der Waals surface area contributed by atoms with Crippen LogP contribution in [0.15, 0.2) is 41.5 Å². The van der Waals surface area contributed by atoms with Gasteiger partial charge in [0.1, 0.15) is 11.3 Å². The van der Waals surface area contributed by atoms with Crippen molar-refractivity contribution >= 4 is 10.9 Å². The molecular formula is C18H20N2O3. The summed E-state index contributed by atoms with van der Waals surface area (Å²) in [5.74, 6) is 0.694. The molecule has 2 N–H and O–H groups in total. The highest BCUT2D eigenvalue weighted by Gasteiger charge is 2.20. The van der Waals surface area contributed by atoms with Gasteiger partial charge >= 0.3 is 0 Å². The Hall–Kier alpha value is -2.53. The molecule has 0 unspecified atom stereocenters. The first-order valence-corrected chi connectivity index (χ1v) is 7.41. The van der Waals surface area contributed by atoms with E-state index in [9.17, 15) is 9.90 Å². The van der Waals surface area contributed by atoms with Gasteiger partial charge in [-0.3, -0.25) is 4.79 Å². The zero-order valence-electron chi connectivity index (χ0n) is 13.7. The largest absolute Gasteiger partial charge is 0.496 e. The van der Waals surface area contributed by atoms with Gasteiger partial charge < -0.3 is 19.4 Å². The number of methoxy groups -OCH3 is 1. The third-order valence-corrected chi connectivity index (χ3v) is 4.09. The first-order valence-electron chi connectivity index (χ1n) is 7.41. The topological polar surface area (TPSA) is 67.2 Å². The molecule has 3 aromatic rings. The van der Waals surface area contributed by atoms with Gasteiger partial charge in [0.2, 0.25) is 0 Å². The van der Waals surface area contributed by atoms with Crippen LogP contribution in [0.25, 0.3) is 22.0 Å². The predicted molar refractivity (Wildman–Crippen MR) is 90.8 cm³/mol. The van der Waals surface area contributed by atoms with Crippen LogP contribution >= 0.6 is 0 Å². The highest BCUT2D eigenvalue weighted by atomic mass is 16.5. The molecule has 0 amide bonds. The second-order valence-corrected chi connectivity index (χ2v) is 6.20. The van der Waals surface area contributed by atoms with E-state index in [1.807, 2.05) is 24.3 Å². The maximum atomic E-state index is 12.2. The van der Waals surface area contributed by atoms with Crippen LogP contribution in [-0.4, -0.2) is 21.8 Å². The van der Waals surface area contributed by atoms with Gasteiger partial charge in [0.05, 0.1) is 12.7 Å². The summed E-state index contributed by atoms with van der Waals surface area (Å²) in [4.78, 5) is 15.2. The molecule has 0 aliphatic carbocycles. The molecule has 1 aromatic carbocycles. The van der Waals surface area contributed by atoms with Crippen LogP contribution in [0.4, 0.5) is 0 Å². The van der Waals surface area contributed by atoms with Crippen molar-refractivity contribution < 1.29 is 9.84 Å². The van der Waals surface area contributed by atoms with Crippen molar-refractivity contribution in [3.05, 3.63) is 52.6 Å². The Morgan fingerprint density at radius 1 is 1.22 bits per heavy atom. The first kappa shape index (κ1) is 15.4. The van der Waals surface area contributed by atoms with Gasteiger partial charge in [-0.05, 0) is 37.6 Å². The number of hydrogen-bond acceptors (Lipinski definition) is 3. The number of aryl methyl sites for hydroxylation is 1. The monoisotopic (exact) mass is 312 g/mol. The third-order valence-electron chi connectivity index (χ3n) is 4.09. The van der Waals surface area contributed by atoms with Gasteiger partial charge in [-0.2, -0.15) is 0 Å². The summed E-state index contributed by atoms with van der Waals surface area (Å²) in [6.07, 6.45) is 3.55. The summed E-state index contributed by atoms with van der Waals surface area (Å²) >= 11 is 0. The van der Waals surface area contributed by atoms with E-state index in [1.54, 1.807) is 45.0 Å². The molecule has 2 heterocycles. The Labute approximate surface area is 134 Å². The predicted octanol–water partition coefficient (Wildman–Crippen LogP) is 2.77. The fourth-order valence-corrected chi connectivity index (χ4v) is 2.78. The lowest BCUT2D eigenvalue weighted by molar-refractivity contribution is 0.0786. The van der Waals surface area contributed by atoms with Crippen molar-refractivity contribution in [2.45, 2.75) is 19.4 Å². The molecule has 0 radical (unpaired) electrons. The molecule has 0 fully saturated rings. The van der Waals surface area contributed by atoms with Crippen LogP contribution in [0.2, 0.25) is 0 Å². The maximum Gasteiger partial charge on any atom is 0.274 e. The van der Waals surface area contributed by atoms with E-state index in [0.29, 0.717) is 11.3 Å². The summed E-state index contributed by atoms with van der Waals surface area (Å²) in [6.45, 7) is 3.48. The van der Waals surface area contributed by atoms with Crippen molar-refractivity contribution in [2.75, 3.05) is 7.11 Å². The highest BCUT2D eigenvalue weighted by molar-refractivity contribution is 5.95. The highest BCUT2D eigenvalue weighted by Crippen LogP contribution is 2.36. The lowest BCUT2D eigenvalue weighted by Gasteiger charge is -2.20. The number of H-pyrrole nitrogens is 1. The van der Waals surface area contributed by atoms with Crippen LogP contribution in [0.1, 0.15) is 19.4 Å². The number of pyridine rings is 1. The summed E-state index contributed by atoms with van der Waals surface area (Å²) in [5.41, 5.74) is 2.02. The van der Waals surface area contributed by atoms with Gasteiger partial charge in [0.25, 0.3) is 5.56 Å². The number of fused-ring (bicyclic) bond motifs is 1. The standard InChI is InChI=1S/C18H20N2O3/c1-18(2,22)11-5-6-15(23-4)13(9-11)14-10-20(3)17(21)16-12(14)7-8-19-16/h5-10,19,22H,1-4H3. The van der Waals surface area contributed by atoms with Gasteiger partial charge in [-0.25, -0.2) is 0 Å². The molecular weight excluding hydrogens is 292 g/mol. The van der Waals surface area contributed by atoms with Gasteiger partial charge in [0.15, 0.2) is 0 Å². The molecule has 0 spiro atoms. The van der Waals surface area contributed by atoms with Gasteiger partial charge in [0, 0.05) is 36.0 Å². The lowest BCUT2D eigenvalue weighted by Crippen LogP contribution is -2.17. The molecule has 0 atom stereocenters. The van der Waals surface area contributed by atoms with Crippen molar-refractivity contribution in [1.82, 2.24) is 9.55 Å². The number of aromatic nitrogens is 2. The summed E-state index contributed by atoms with van der Waals surface area (Å²) in [6, 6.07) is 7.47. The summed E-state index contributed by atoms with van der Waals surface area (Å²) < 4.78 is 7.03. The quantitative estimate of drug-likeness (QED) is 0.781. The van der Waals surface area contributed by atoms with E-state index in [4.69, 9.17) is 4.74 Å². The molecule has 23 heavy (non-hydrogen) atoms. The minimum Gasteiger partial charge on any atom is -0.496 e. The average Bonchev–Trinajstić information content (AvgIpc) is 2.99. The van der Waals surface area contributed by atoms with Crippen LogP contribution in [-0.2, 0) is 12.6 Å². The number of aromatic amines is 1. The minimum absolute atomic E-state index is 0.0774. The van der Waals surface area contributed by atoms with Crippen LogP contribution < -0.4 is 10.3 Å². The third kappa shape index (κ3) is 2.53. The number of hydrogen-bond donors (Lipinski definition) is 2. The van der Waals surface area contributed by atoms with E-state index >= 15 is 0 Å². The molecule has 3 rings (SSSR count). The van der Waals surface area contributed by atoms with Crippen LogP contribution in [0.5, 0.6) is 5.75 Å². The zero-order chi connectivity index (χ0) is 16.8. The second kappa shape index (κ2) is 5.28. The zero-order valence-corrected chi connectivity index (χ0v) is 13.7. The van der Waals surface area contributed by atoms with Crippen LogP contribution in [0, 0.1) is 0 Å². The first-order chi connectivity index (χ1) is 10.8. The lowest BCUT2D eigenvalue weighted by atomic mass is 9.93. The Balaban J connectivity index is 2.36. The minimum atomic E-state index is -0.959. The number of benzene rings is 1. The number of nitrogens with one attached hydrogen (secondary N) is 1. The van der Waals surface area contributed by atoms with Gasteiger partial charge in [-0.15, -0.1) is 0 Å². The van der Waals surface area contributed by atoms with E-state index in [-0.39, 0.29) is 5.56 Å². The number of rotatable bonds is 3. The Bertz CT molecular complexity index is 930. The molecule has 0 aliphatic heterocycles. The second-order valence-electron chi connectivity index (χ2n) is 6.20. The fourth-order valence-electron chi connectivity index (χ4n) is 2.78. The Morgan fingerprint density at radius 2 is 1.96 bits per heavy atom. The van der Waals surface area contributed by atoms with Crippen LogP contribution in [0.3, 0.4) is 0 Å². The van der Waals surface area contributed by atoms with E-state index in [1.165, 1.54) is 0 Å². The number of aliphatic hydroxyl groups is 1. The Kier molecular flexibility index (Phi) is 3.53. The van der Waals surface area contributed by atoms with E-state index in [0.717, 1.165) is 22.1 Å². The molecule has 5 heteroatoms. The summed E-state index contributed by atoms with van der Waals surface area (Å²) in [5, 5.41) is 11.1. The SMILES string of the molecule is COc1ccc(C(C)(C)O)cc1-c1cn(C)c(=O)c2[nH]ccc12. The molecule has 0 saturated heterocycles. The fraction of sp³-hybridized carbons (Fsp3) is 0.278. The smallest absolute Gasteiger partial charge is 0.274 e. The van der Waals surface area contributed by atoms with Crippen molar-refractivity contribution in [1.29, 1.82) is 0 Å². The van der Waals surface area contributed by atoms with Gasteiger partial charge in [-0.1, -0.05) is 6.07 Å². The van der Waals surface area contributed by atoms with Crippen molar-refractivity contribution in [2.24, 2.45) is 7.05 Å². The average molecular weight is 312 g/mol. The molecule has 120 valence electrons. The van der Waals surface area contributed by atoms with E-state index < -0.39 is 5.60 Å². The maximum absolute atomic E-state index is 12.2. The van der Waals surface area contributed by atoms with Crippen molar-refractivity contribution in [3.8, 4) is 16.9 Å². The molecule has 0 aliphatic rings. The summed E-state index contributed by atoms with van der Waals surface area (Å²) in [7, 11) is 3.33. The molecule has 0 bridgehead atoms. The molecule has 0 saturated carbocycles. The number of nitrogens with zero attached hydrogens (tertiary/aromatic N) is 1. The molecule has 2 aromatic heterocycles. The Morgan fingerprint density at radius 3 is 2.61 bits per heavy atom. The molecule has 5 nitrogen and oxygen atoms in total. The van der Waals surface area contributed by atoms with E-state index in [2.05, 4.69) is 4.98 Å².